The van der Waals surface area contributed by atoms with Gasteiger partial charge in [0.25, 0.3) is 0 Å². The molecule has 1 heterocycles. The molecule has 0 amide bonds. The van der Waals surface area contributed by atoms with E-state index in [1.807, 2.05) is 38.1 Å². The van der Waals surface area contributed by atoms with Crippen molar-refractivity contribution < 1.29 is 4.74 Å². The lowest BCUT2D eigenvalue weighted by molar-refractivity contribution is 0.453. The molecule has 0 N–H and O–H groups in total. The van der Waals surface area contributed by atoms with Crippen molar-refractivity contribution in [3.8, 4) is 11.6 Å². The predicted molar refractivity (Wildman–Crippen MR) is 65.7 cm³/mol. The highest BCUT2D eigenvalue weighted by atomic mass is 79.9. The molecule has 16 heavy (non-hydrogen) atoms. The van der Waals surface area contributed by atoms with E-state index in [4.69, 9.17) is 4.74 Å². The molecular weight excluding hydrogens is 268 g/mol. The third kappa shape index (κ3) is 2.58. The fourth-order valence-corrected chi connectivity index (χ4v) is 1.49. The van der Waals surface area contributed by atoms with Crippen molar-refractivity contribution in [3.05, 3.63) is 46.3 Å². The summed E-state index contributed by atoms with van der Waals surface area (Å²) in [6, 6.07) is 7.61. The molecule has 1 aromatic heterocycles. The summed E-state index contributed by atoms with van der Waals surface area (Å²) in [7, 11) is 0. The van der Waals surface area contributed by atoms with Crippen LogP contribution in [-0.4, -0.2) is 9.97 Å². The van der Waals surface area contributed by atoms with Crippen LogP contribution in [-0.2, 0) is 0 Å². The lowest BCUT2D eigenvalue weighted by Crippen LogP contribution is -1.95. The molecule has 0 aliphatic carbocycles. The number of ether oxygens (including phenoxy) is 1. The maximum atomic E-state index is 5.65. The minimum absolute atomic E-state index is 0.558. The molecule has 2 rings (SSSR count). The molecule has 0 aliphatic rings. The highest BCUT2D eigenvalue weighted by Crippen LogP contribution is 2.23. The molecule has 0 saturated heterocycles. The lowest BCUT2D eigenvalue weighted by atomic mass is 10.3. The number of benzene rings is 1. The average molecular weight is 279 g/mol. The third-order valence-electron chi connectivity index (χ3n) is 2.06. The molecule has 0 unspecified atom stereocenters. The van der Waals surface area contributed by atoms with Crippen molar-refractivity contribution in [2.45, 2.75) is 13.8 Å². The number of rotatable bonds is 2. The van der Waals surface area contributed by atoms with Gasteiger partial charge < -0.3 is 4.74 Å². The molecule has 0 spiro atoms. The number of nitrogens with zero attached hydrogens (tertiary/aromatic N) is 2. The molecule has 1 aromatic carbocycles. The zero-order chi connectivity index (χ0) is 11.5. The maximum Gasteiger partial charge on any atom is 0.241 e. The van der Waals surface area contributed by atoms with Crippen molar-refractivity contribution >= 4 is 15.9 Å². The van der Waals surface area contributed by atoms with E-state index in [1.165, 1.54) is 0 Å². The molecule has 0 fully saturated rings. The van der Waals surface area contributed by atoms with Crippen LogP contribution in [0.2, 0.25) is 0 Å². The number of hydrogen-bond acceptors (Lipinski definition) is 3. The van der Waals surface area contributed by atoms with Crippen molar-refractivity contribution in [2.75, 3.05) is 0 Å². The van der Waals surface area contributed by atoms with Gasteiger partial charge in [-0.3, -0.25) is 4.98 Å². The summed E-state index contributed by atoms with van der Waals surface area (Å²) in [5.41, 5.74) is 1.63. The van der Waals surface area contributed by atoms with Gasteiger partial charge in [0.2, 0.25) is 5.88 Å². The van der Waals surface area contributed by atoms with Crippen molar-refractivity contribution in [1.82, 2.24) is 9.97 Å². The topological polar surface area (TPSA) is 35.0 Å². The molecule has 82 valence electrons. The fraction of sp³-hybridized carbons (Fsp3) is 0.167. The Morgan fingerprint density at radius 2 is 1.81 bits per heavy atom. The van der Waals surface area contributed by atoms with Gasteiger partial charge >= 0.3 is 0 Å². The van der Waals surface area contributed by atoms with Crippen LogP contribution in [0.25, 0.3) is 0 Å². The third-order valence-corrected chi connectivity index (χ3v) is 2.59. The predicted octanol–water partition coefficient (Wildman–Crippen LogP) is 3.65. The van der Waals surface area contributed by atoms with E-state index in [9.17, 15) is 0 Å². The van der Waals surface area contributed by atoms with Gasteiger partial charge in [-0.2, -0.15) is 0 Å². The molecule has 3 nitrogen and oxygen atoms in total. The van der Waals surface area contributed by atoms with Crippen LogP contribution >= 0.6 is 15.9 Å². The number of halogens is 1. The lowest BCUT2D eigenvalue weighted by Gasteiger charge is -2.07. The highest BCUT2D eigenvalue weighted by Gasteiger charge is 2.04. The van der Waals surface area contributed by atoms with Gasteiger partial charge in [0.1, 0.15) is 5.75 Å². The standard InChI is InChI=1S/C12H11BrN2O/c1-8-7-14-9(2)12(15-8)16-11-5-3-10(13)4-6-11/h3-7H,1-2H3. The first-order chi connectivity index (χ1) is 7.65. The van der Waals surface area contributed by atoms with Crippen LogP contribution in [0, 0.1) is 13.8 Å². The van der Waals surface area contributed by atoms with Gasteiger partial charge in [0.15, 0.2) is 0 Å². The Morgan fingerprint density at radius 1 is 1.12 bits per heavy atom. The van der Waals surface area contributed by atoms with Gasteiger partial charge in [-0.15, -0.1) is 0 Å². The summed E-state index contributed by atoms with van der Waals surface area (Å²) < 4.78 is 6.67. The Kier molecular flexibility index (Phi) is 3.19. The zero-order valence-electron chi connectivity index (χ0n) is 9.07. The summed E-state index contributed by atoms with van der Waals surface area (Å²) in [5, 5.41) is 0. The Labute approximate surface area is 103 Å². The number of hydrogen-bond donors (Lipinski definition) is 0. The van der Waals surface area contributed by atoms with Gasteiger partial charge in [-0.25, -0.2) is 4.98 Å². The molecular formula is C12H11BrN2O. The smallest absolute Gasteiger partial charge is 0.241 e. The summed E-state index contributed by atoms with van der Waals surface area (Å²) in [6.45, 7) is 3.77. The van der Waals surface area contributed by atoms with Crippen LogP contribution in [0.3, 0.4) is 0 Å². The molecule has 0 bridgehead atoms. The quantitative estimate of drug-likeness (QED) is 0.841. The molecule has 4 heteroatoms. The Morgan fingerprint density at radius 3 is 2.50 bits per heavy atom. The van der Waals surface area contributed by atoms with E-state index in [0.29, 0.717) is 5.88 Å². The SMILES string of the molecule is Cc1cnc(C)c(Oc2ccc(Br)cc2)n1. The monoisotopic (exact) mass is 278 g/mol. The molecule has 0 atom stereocenters. The average Bonchev–Trinajstić information content (AvgIpc) is 2.27. The largest absolute Gasteiger partial charge is 0.437 e. The number of aryl methyl sites for hydroxylation is 2. The van der Waals surface area contributed by atoms with Gasteiger partial charge in [-0.05, 0) is 38.1 Å². The van der Waals surface area contributed by atoms with E-state index < -0.39 is 0 Å². The second-order valence-corrected chi connectivity index (χ2v) is 4.37. The second-order valence-electron chi connectivity index (χ2n) is 3.46. The van der Waals surface area contributed by atoms with Crippen LogP contribution in [0.15, 0.2) is 34.9 Å². The van der Waals surface area contributed by atoms with Crippen LogP contribution in [0.5, 0.6) is 11.6 Å². The first kappa shape index (κ1) is 11.1. The van der Waals surface area contributed by atoms with Gasteiger partial charge in [0, 0.05) is 10.7 Å². The van der Waals surface area contributed by atoms with Gasteiger partial charge in [0.05, 0.1) is 11.4 Å². The van der Waals surface area contributed by atoms with Gasteiger partial charge in [-0.1, -0.05) is 15.9 Å². The van der Waals surface area contributed by atoms with Crippen LogP contribution in [0.4, 0.5) is 0 Å². The Bertz CT molecular complexity index is 497. The van der Waals surface area contributed by atoms with Crippen molar-refractivity contribution in [3.63, 3.8) is 0 Å². The van der Waals surface area contributed by atoms with E-state index in [2.05, 4.69) is 25.9 Å². The zero-order valence-corrected chi connectivity index (χ0v) is 10.7. The minimum atomic E-state index is 0.558. The Hall–Kier alpha value is -1.42. The minimum Gasteiger partial charge on any atom is -0.437 e. The normalized spacial score (nSPS) is 10.2. The number of aromatic nitrogens is 2. The van der Waals surface area contributed by atoms with E-state index in [1.54, 1.807) is 6.20 Å². The fourth-order valence-electron chi connectivity index (χ4n) is 1.23. The molecule has 0 radical (unpaired) electrons. The first-order valence-electron chi connectivity index (χ1n) is 4.89. The molecule has 0 saturated carbocycles. The van der Waals surface area contributed by atoms with Crippen molar-refractivity contribution in [2.24, 2.45) is 0 Å². The first-order valence-corrected chi connectivity index (χ1v) is 5.68. The van der Waals surface area contributed by atoms with E-state index >= 15 is 0 Å². The van der Waals surface area contributed by atoms with E-state index in [-0.39, 0.29) is 0 Å². The van der Waals surface area contributed by atoms with E-state index in [0.717, 1.165) is 21.6 Å². The summed E-state index contributed by atoms with van der Waals surface area (Å²) in [5.74, 6) is 1.31. The summed E-state index contributed by atoms with van der Waals surface area (Å²) >= 11 is 3.37. The summed E-state index contributed by atoms with van der Waals surface area (Å²) in [4.78, 5) is 8.49. The second kappa shape index (κ2) is 4.61. The summed E-state index contributed by atoms with van der Waals surface area (Å²) in [6.07, 6.45) is 1.73. The maximum absolute atomic E-state index is 5.65. The van der Waals surface area contributed by atoms with Crippen LogP contribution < -0.4 is 4.74 Å². The highest BCUT2D eigenvalue weighted by molar-refractivity contribution is 9.10. The Balaban J connectivity index is 2.26. The molecule has 2 aromatic rings. The van der Waals surface area contributed by atoms with Crippen LogP contribution in [0.1, 0.15) is 11.4 Å². The molecule has 0 aliphatic heterocycles. The van der Waals surface area contributed by atoms with Crippen molar-refractivity contribution in [1.29, 1.82) is 0 Å².